The Bertz CT molecular complexity index is 538. The Balaban J connectivity index is 1.56. The van der Waals surface area contributed by atoms with Gasteiger partial charge in [-0.15, -0.1) is 11.3 Å². The molecule has 1 saturated heterocycles. The maximum absolute atomic E-state index is 4.27. The molecule has 3 rings (SSSR count). The summed E-state index contributed by atoms with van der Waals surface area (Å²) in [5.41, 5.74) is 4.47. The minimum absolute atomic E-state index is 0.727. The van der Waals surface area contributed by atoms with Crippen LogP contribution in [0, 0.1) is 6.92 Å². The second-order valence-corrected chi connectivity index (χ2v) is 6.55. The number of rotatable bonds is 5. The lowest BCUT2D eigenvalue weighted by atomic mass is 10.0. The van der Waals surface area contributed by atoms with E-state index in [2.05, 4.69) is 33.9 Å². The summed E-state index contributed by atoms with van der Waals surface area (Å²) in [6.07, 6.45) is 9.01. The number of pyridine rings is 1. The maximum atomic E-state index is 4.27. The molecule has 4 heteroatoms. The van der Waals surface area contributed by atoms with E-state index < -0.39 is 0 Å². The highest BCUT2D eigenvalue weighted by atomic mass is 32.1. The molecular formula is C16H21N3S. The van der Waals surface area contributed by atoms with Gasteiger partial charge in [0.1, 0.15) is 0 Å². The maximum Gasteiger partial charge on any atom is 0.0794 e. The molecule has 1 aliphatic heterocycles. The van der Waals surface area contributed by atoms with Gasteiger partial charge in [-0.05, 0) is 56.8 Å². The van der Waals surface area contributed by atoms with Crippen LogP contribution in [0.3, 0.4) is 0 Å². The van der Waals surface area contributed by atoms with Crippen molar-refractivity contribution < 1.29 is 0 Å². The van der Waals surface area contributed by atoms with Crippen molar-refractivity contribution in [3.05, 3.63) is 46.2 Å². The highest BCUT2D eigenvalue weighted by Crippen LogP contribution is 2.24. The van der Waals surface area contributed by atoms with Gasteiger partial charge in [0.25, 0.3) is 0 Å². The highest BCUT2D eigenvalue weighted by Gasteiger charge is 2.24. The van der Waals surface area contributed by atoms with E-state index in [1.165, 1.54) is 36.2 Å². The van der Waals surface area contributed by atoms with E-state index in [0.29, 0.717) is 0 Å². The molecule has 2 aromatic rings. The van der Waals surface area contributed by atoms with Gasteiger partial charge in [-0.3, -0.25) is 14.9 Å². The van der Waals surface area contributed by atoms with Crippen molar-refractivity contribution in [3.8, 4) is 0 Å². The third kappa shape index (κ3) is 3.44. The second-order valence-electron chi connectivity index (χ2n) is 5.58. The molecule has 3 heterocycles. The predicted octanol–water partition coefficient (Wildman–Crippen LogP) is 3.44. The van der Waals surface area contributed by atoms with E-state index >= 15 is 0 Å². The van der Waals surface area contributed by atoms with Gasteiger partial charge >= 0.3 is 0 Å². The molecule has 0 spiro atoms. The van der Waals surface area contributed by atoms with Crippen molar-refractivity contribution in [1.29, 1.82) is 0 Å². The smallest absolute Gasteiger partial charge is 0.0794 e. The largest absolute Gasteiger partial charge is 0.295 e. The number of hydrogen-bond donors (Lipinski definition) is 0. The van der Waals surface area contributed by atoms with Crippen molar-refractivity contribution in [2.45, 2.75) is 45.2 Å². The zero-order valence-corrected chi connectivity index (χ0v) is 12.8. The Morgan fingerprint density at radius 1 is 1.45 bits per heavy atom. The molecule has 0 N–H and O–H groups in total. The monoisotopic (exact) mass is 287 g/mol. The van der Waals surface area contributed by atoms with Gasteiger partial charge in [-0.25, -0.2) is 0 Å². The molecule has 0 radical (unpaired) electrons. The van der Waals surface area contributed by atoms with Gasteiger partial charge in [-0.2, -0.15) is 0 Å². The Hall–Kier alpha value is -1.26. The summed E-state index contributed by atoms with van der Waals surface area (Å²) >= 11 is 1.77. The summed E-state index contributed by atoms with van der Waals surface area (Å²) in [4.78, 5) is 12.5. The van der Waals surface area contributed by atoms with Crippen molar-refractivity contribution in [2.75, 3.05) is 6.54 Å². The number of hydrogen-bond acceptors (Lipinski definition) is 4. The quantitative estimate of drug-likeness (QED) is 0.843. The topological polar surface area (TPSA) is 29.0 Å². The van der Waals surface area contributed by atoms with E-state index in [0.717, 1.165) is 24.7 Å². The molecule has 2 aromatic heterocycles. The van der Waals surface area contributed by atoms with Crippen LogP contribution in [0.4, 0.5) is 0 Å². The third-order valence-corrected chi connectivity index (χ3v) is 4.83. The molecule has 106 valence electrons. The SMILES string of the molecule is Cc1cc(CC[C@@H]2CCCN2Cc2cncs2)ccn1. The van der Waals surface area contributed by atoms with Crippen LogP contribution in [0.15, 0.2) is 30.0 Å². The summed E-state index contributed by atoms with van der Waals surface area (Å²) in [6.45, 7) is 4.37. The normalized spacial score (nSPS) is 19.6. The van der Waals surface area contributed by atoms with Crippen LogP contribution in [0.5, 0.6) is 0 Å². The number of aryl methyl sites for hydroxylation is 2. The zero-order valence-electron chi connectivity index (χ0n) is 12.0. The van der Waals surface area contributed by atoms with Crippen LogP contribution < -0.4 is 0 Å². The average Bonchev–Trinajstić information content (AvgIpc) is 3.09. The molecular weight excluding hydrogens is 266 g/mol. The molecule has 0 amide bonds. The van der Waals surface area contributed by atoms with Crippen LogP contribution in [0.25, 0.3) is 0 Å². The highest BCUT2D eigenvalue weighted by molar-refractivity contribution is 7.09. The van der Waals surface area contributed by atoms with Crippen molar-refractivity contribution >= 4 is 11.3 Å². The first kappa shape index (κ1) is 13.7. The van der Waals surface area contributed by atoms with Gasteiger partial charge in [0, 0.05) is 35.6 Å². The average molecular weight is 287 g/mol. The standard InChI is InChI=1S/C16H21N3S/c1-13-9-14(6-7-18-13)4-5-15-3-2-8-19(15)11-16-10-17-12-20-16/h6-7,9-10,12,15H,2-5,8,11H2,1H3/t15-/m0/s1. The summed E-state index contributed by atoms with van der Waals surface area (Å²) in [5, 5.41) is 0. The van der Waals surface area contributed by atoms with Crippen LogP contribution in [0.1, 0.15) is 35.4 Å². The molecule has 0 aromatic carbocycles. The fourth-order valence-corrected chi connectivity index (χ4v) is 3.66. The van der Waals surface area contributed by atoms with E-state index in [4.69, 9.17) is 0 Å². The number of thiazole rings is 1. The fourth-order valence-electron chi connectivity index (χ4n) is 3.04. The minimum atomic E-state index is 0.727. The van der Waals surface area contributed by atoms with E-state index in [1.807, 2.05) is 17.9 Å². The molecule has 1 atom stereocenters. The molecule has 0 aliphatic carbocycles. The van der Waals surface area contributed by atoms with Crippen molar-refractivity contribution in [3.63, 3.8) is 0 Å². The lowest BCUT2D eigenvalue weighted by Gasteiger charge is -2.23. The van der Waals surface area contributed by atoms with Crippen molar-refractivity contribution in [2.24, 2.45) is 0 Å². The lowest BCUT2D eigenvalue weighted by Crippen LogP contribution is -2.29. The van der Waals surface area contributed by atoms with Gasteiger partial charge < -0.3 is 0 Å². The number of aromatic nitrogens is 2. The molecule has 0 unspecified atom stereocenters. The van der Waals surface area contributed by atoms with Crippen molar-refractivity contribution in [1.82, 2.24) is 14.9 Å². The van der Waals surface area contributed by atoms with Gasteiger partial charge in [-0.1, -0.05) is 0 Å². The molecule has 1 fully saturated rings. The first-order valence-electron chi connectivity index (χ1n) is 7.34. The van der Waals surface area contributed by atoms with E-state index in [1.54, 1.807) is 11.3 Å². The van der Waals surface area contributed by atoms with Gasteiger partial charge in [0.15, 0.2) is 0 Å². The van der Waals surface area contributed by atoms with Crippen LogP contribution in [0.2, 0.25) is 0 Å². The Morgan fingerprint density at radius 2 is 2.40 bits per heavy atom. The summed E-state index contributed by atoms with van der Waals surface area (Å²) in [5.74, 6) is 0. The zero-order chi connectivity index (χ0) is 13.8. The van der Waals surface area contributed by atoms with Gasteiger partial charge in [0.2, 0.25) is 0 Å². The number of nitrogens with zero attached hydrogens (tertiary/aromatic N) is 3. The Kier molecular flexibility index (Phi) is 4.43. The second kappa shape index (κ2) is 6.46. The summed E-state index contributed by atoms with van der Waals surface area (Å²) < 4.78 is 0. The first-order valence-corrected chi connectivity index (χ1v) is 8.22. The molecule has 0 bridgehead atoms. The molecule has 20 heavy (non-hydrogen) atoms. The first-order chi connectivity index (χ1) is 9.81. The van der Waals surface area contributed by atoms with E-state index in [-0.39, 0.29) is 0 Å². The fraction of sp³-hybridized carbons (Fsp3) is 0.500. The summed E-state index contributed by atoms with van der Waals surface area (Å²) in [7, 11) is 0. The lowest BCUT2D eigenvalue weighted by molar-refractivity contribution is 0.236. The number of likely N-dealkylation sites (tertiary alicyclic amines) is 1. The third-order valence-electron chi connectivity index (χ3n) is 4.07. The molecule has 0 saturated carbocycles. The van der Waals surface area contributed by atoms with Crippen LogP contribution in [-0.2, 0) is 13.0 Å². The van der Waals surface area contributed by atoms with Gasteiger partial charge in [0.05, 0.1) is 5.51 Å². The summed E-state index contributed by atoms with van der Waals surface area (Å²) in [6, 6.07) is 5.09. The Labute approximate surface area is 124 Å². The van der Waals surface area contributed by atoms with Crippen LogP contribution >= 0.6 is 11.3 Å². The molecule has 3 nitrogen and oxygen atoms in total. The van der Waals surface area contributed by atoms with E-state index in [9.17, 15) is 0 Å². The van der Waals surface area contributed by atoms with Crippen LogP contribution in [-0.4, -0.2) is 27.5 Å². The predicted molar refractivity (Wildman–Crippen MR) is 82.8 cm³/mol. The minimum Gasteiger partial charge on any atom is -0.295 e. The Morgan fingerprint density at radius 3 is 3.20 bits per heavy atom. The molecule has 1 aliphatic rings.